The minimum atomic E-state index is 0.114. The van der Waals surface area contributed by atoms with E-state index in [4.69, 9.17) is 17.3 Å². The van der Waals surface area contributed by atoms with Crippen LogP contribution in [0, 0.1) is 5.92 Å². The Kier molecular flexibility index (Phi) is 4.90. The Balaban J connectivity index is 2.18. The van der Waals surface area contributed by atoms with Crippen molar-refractivity contribution in [3.05, 3.63) is 21.3 Å². The Hall–Kier alpha value is -0.130. The van der Waals surface area contributed by atoms with E-state index < -0.39 is 0 Å². The molecule has 2 heterocycles. The molecule has 1 saturated heterocycles. The van der Waals surface area contributed by atoms with Gasteiger partial charge in [0.1, 0.15) is 0 Å². The second-order valence-electron chi connectivity index (χ2n) is 5.91. The highest BCUT2D eigenvalue weighted by atomic mass is 35.5. The van der Waals surface area contributed by atoms with Crippen molar-refractivity contribution >= 4 is 22.9 Å². The largest absolute Gasteiger partial charge is 0.326 e. The molecule has 2 rings (SSSR count). The average Bonchev–Trinajstić information content (AvgIpc) is 2.86. The molecule has 1 aromatic heterocycles. The van der Waals surface area contributed by atoms with Crippen molar-refractivity contribution in [2.24, 2.45) is 11.7 Å². The van der Waals surface area contributed by atoms with Crippen molar-refractivity contribution in [2.45, 2.75) is 32.0 Å². The highest BCUT2D eigenvalue weighted by molar-refractivity contribution is 7.16. The molecule has 2 N–H and O–H groups in total. The van der Waals surface area contributed by atoms with Crippen LogP contribution in [0.25, 0.3) is 0 Å². The number of likely N-dealkylation sites (N-methyl/N-ethyl adjacent to an activating group) is 1. The van der Waals surface area contributed by atoms with Crippen LogP contribution in [0.4, 0.5) is 0 Å². The lowest BCUT2D eigenvalue weighted by Crippen LogP contribution is -2.40. The van der Waals surface area contributed by atoms with Crippen LogP contribution in [0.15, 0.2) is 12.1 Å². The SMILES string of the molecule is CC(N)C(c1ccc(Cl)s1)N1CC(C)C(N(C)C)C1. The summed E-state index contributed by atoms with van der Waals surface area (Å²) in [5.41, 5.74) is 6.23. The zero-order chi connectivity index (χ0) is 14.2. The van der Waals surface area contributed by atoms with Crippen LogP contribution in [-0.2, 0) is 0 Å². The van der Waals surface area contributed by atoms with Crippen LogP contribution in [0.1, 0.15) is 24.8 Å². The first-order valence-corrected chi connectivity index (χ1v) is 8.01. The van der Waals surface area contributed by atoms with Gasteiger partial charge < -0.3 is 10.6 Å². The summed E-state index contributed by atoms with van der Waals surface area (Å²) in [4.78, 5) is 6.12. The first-order chi connectivity index (χ1) is 8.90. The maximum absolute atomic E-state index is 6.23. The molecule has 0 spiro atoms. The number of hydrogen-bond donors (Lipinski definition) is 1. The van der Waals surface area contributed by atoms with E-state index in [1.54, 1.807) is 11.3 Å². The number of thiophene rings is 1. The molecule has 0 saturated carbocycles. The number of halogens is 1. The van der Waals surface area contributed by atoms with Gasteiger partial charge in [-0.2, -0.15) is 0 Å². The van der Waals surface area contributed by atoms with Gasteiger partial charge in [0, 0.05) is 30.1 Å². The minimum absolute atomic E-state index is 0.114. The number of likely N-dealkylation sites (tertiary alicyclic amines) is 1. The maximum atomic E-state index is 6.23. The molecule has 4 atom stereocenters. The van der Waals surface area contributed by atoms with Crippen molar-refractivity contribution in [1.82, 2.24) is 9.80 Å². The number of nitrogens with zero attached hydrogens (tertiary/aromatic N) is 2. The van der Waals surface area contributed by atoms with E-state index in [9.17, 15) is 0 Å². The first kappa shape index (κ1) is 15.3. The van der Waals surface area contributed by atoms with Gasteiger partial charge in [-0.3, -0.25) is 4.90 Å². The van der Waals surface area contributed by atoms with Gasteiger partial charge in [-0.1, -0.05) is 18.5 Å². The van der Waals surface area contributed by atoms with Crippen LogP contribution < -0.4 is 5.73 Å². The van der Waals surface area contributed by atoms with Crippen LogP contribution in [-0.4, -0.2) is 49.1 Å². The molecule has 19 heavy (non-hydrogen) atoms. The highest BCUT2D eigenvalue weighted by Crippen LogP contribution is 2.35. The predicted octanol–water partition coefficient (Wildman–Crippen LogP) is 2.67. The molecule has 5 heteroatoms. The summed E-state index contributed by atoms with van der Waals surface area (Å²) in [6.07, 6.45) is 0. The van der Waals surface area contributed by atoms with Gasteiger partial charge in [-0.25, -0.2) is 0 Å². The highest BCUT2D eigenvalue weighted by Gasteiger charge is 2.37. The molecule has 1 aliphatic heterocycles. The summed E-state index contributed by atoms with van der Waals surface area (Å²) < 4.78 is 0.844. The van der Waals surface area contributed by atoms with E-state index in [-0.39, 0.29) is 12.1 Å². The fraction of sp³-hybridized carbons (Fsp3) is 0.714. The van der Waals surface area contributed by atoms with E-state index >= 15 is 0 Å². The Morgan fingerprint density at radius 2 is 2.11 bits per heavy atom. The quantitative estimate of drug-likeness (QED) is 0.928. The Labute approximate surface area is 125 Å². The molecule has 0 aromatic carbocycles. The summed E-state index contributed by atoms with van der Waals surface area (Å²) in [6.45, 7) is 6.59. The summed E-state index contributed by atoms with van der Waals surface area (Å²) in [7, 11) is 4.32. The van der Waals surface area contributed by atoms with Crippen molar-refractivity contribution in [3.8, 4) is 0 Å². The van der Waals surface area contributed by atoms with Gasteiger partial charge in [0.05, 0.1) is 10.4 Å². The molecular weight excluding hydrogens is 278 g/mol. The minimum Gasteiger partial charge on any atom is -0.326 e. The van der Waals surface area contributed by atoms with E-state index in [0.29, 0.717) is 12.0 Å². The third-order valence-corrected chi connectivity index (χ3v) is 5.34. The normalized spacial score (nSPS) is 27.9. The fourth-order valence-electron chi connectivity index (χ4n) is 3.14. The van der Waals surface area contributed by atoms with Crippen molar-refractivity contribution in [1.29, 1.82) is 0 Å². The first-order valence-electron chi connectivity index (χ1n) is 6.81. The molecule has 108 valence electrons. The summed E-state index contributed by atoms with van der Waals surface area (Å²) in [5, 5.41) is 0. The van der Waals surface area contributed by atoms with Gasteiger partial charge in [0.2, 0.25) is 0 Å². The van der Waals surface area contributed by atoms with Crippen molar-refractivity contribution in [2.75, 3.05) is 27.2 Å². The zero-order valence-electron chi connectivity index (χ0n) is 12.1. The van der Waals surface area contributed by atoms with Crippen LogP contribution in [0.3, 0.4) is 0 Å². The van der Waals surface area contributed by atoms with Gasteiger partial charge in [0.15, 0.2) is 0 Å². The number of rotatable bonds is 4. The second kappa shape index (κ2) is 6.10. The molecule has 1 aliphatic rings. The van der Waals surface area contributed by atoms with Crippen LogP contribution in [0.5, 0.6) is 0 Å². The van der Waals surface area contributed by atoms with Crippen LogP contribution in [0.2, 0.25) is 4.34 Å². The van der Waals surface area contributed by atoms with Crippen molar-refractivity contribution < 1.29 is 0 Å². The van der Waals surface area contributed by atoms with Gasteiger partial charge in [-0.15, -0.1) is 11.3 Å². The third-order valence-electron chi connectivity index (χ3n) is 4.04. The zero-order valence-corrected chi connectivity index (χ0v) is 13.7. The Morgan fingerprint density at radius 1 is 1.42 bits per heavy atom. The molecule has 3 nitrogen and oxygen atoms in total. The van der Waals surface area contributed by atoms with E-state index in [1.807, 2.05) is 6.07 Å². The smallest absolute Gasteiger partial charge is 0.0931 e. The standard InChI is InChI=1S/C14H24ClN3S/c1-9-7-18(8-11(9)17(3)4)14(10(2)16)12-5-6-13(15)19-12/h5-6,9-11,14H,7-8,16H2,1-4H3. The van der Waals surface area contributed by atoms with E-state index in [0.717, 1.165) is 17.4 Å². The fourth-order valence-corrected chi connectivity index (χ4v) is 4.46. The summed E-state index contributed by atoms with van der Waals surface area (Å²) in [6, 6.07) is 5.10. The molecule has 1 fully saturated rings. The third kappa shape index (κ3) is 3.31. The Morgan fingerprint density at radius 3 is 2.53 bits per heavy atom. The molecule has 0 aliphatic carbocycles. The molecule has 4 unspecified atom stereocenters. The number of hydrogen-bond acceptors (Lipinski definition) is 4. The molecule has 0 bridgehead atoms. The Bertz CT molecular complexity index is 419. The molecule has 0 amide bonds. The van der Waals surface area contributed by atoms with Gasteiger partial charge in [-0.05, 0) is 39.1 Å². The van der Waals surface area contributed by atoms with E-state index in [2.05, 4.69) is 43.8 Å². The number of nitrogens with two attached hydrogens (primary N) is 1. The van der Waals surface area contributed by atoms with Gasteiger partial charge >= 0.3 is 0 Å². The lowest BCUT2D eigenvalue weighted by molar-refractivity contribution is 0.200. The lowest BCUT2D eigenvalue weighted by Gasteiger charge is -2.30. The predicted molar refractivity (Wildman–Crippen MR) is 83.9 cm³/mol. The monoisotopic (exact) mass is 301 g/mol. The second-order valence-corrected chi connectivity index (χ2v) is 7.65. The molecular formula is C14H24ClN3S. The van der Waals surface area contributed by atoms with Crippen LogP contribution >= 0.6 is 22.9 Å². The summed E-state index contributed by atoms with van der Waals surface area (Å²) >= 11 is 7.73. The molecule has 0 radical (unpaired) electrons. The van der Waals surface area contributed by atoms with Crippen molar-refractivity contribution in [3.63, 3.8) is 0 Å². The topological polar surface area (TPSA) is 32.5 Å². The van der Waals surface area contributed by atoms with Gasteiger partial charge in [0.25, 0.3) is 0 Å². The molecule has 1 aromatic rings. The lowest BCUT2D eigenvalue weighted by atomic mass is 10.1. The average molecular weight is 302 g/mol. The maximum Gasteiger partial charge on any atom is 0.0931 e. The summed E-state index contributed by atoms with van der Waals surface area (Å²) in [5.74, 6) is 0.673. The van der Waals surface area contributed by atoms with E-state index in [1.165, 1.54) is 4.88 Å².